The number of carboxylic acid groups (broad SMARTS) is 1. The zero-order valence-corrected chi connectivity index (χ0v) is 9.32. The lowest BCUT2D eigenvalue weighted by molar-refractivity contribution is -0.143. The van der Waals surface area contributed by atoms with E-state index in [0.717, 1.165) is 25.7 Å². The topological polar surface area (TPSA) is 66.4 Å². The second kappa shape index (κ2) is 5.14. The number of carbonyl (C=O) groups is 2. The molecule has 1 aliphatic rings. The van der Waals surface area contributed by atoms with Crippen LogP contribution in [0, 0.1) is 11.8 Å². The van der Waals surface area contributed by atoms with E-state index in [4.69, 9.17) is 5.11 Å². The van der Waals surface area contributed by atoms with Crippen molar-refractivity contribution in [3.63, 3.8) is 0 Å². The van der Waals surface area contributed by atoms with Crippen LogP contribution in [0.2, 0.25) is 0 Å². The fraction of sp³-hybridized carbons (Fsp3) is 0.818. The maximum Gasteiger partial charge on any atom is 0.306 e. The highest BCUT2D eigenvalue weighted by Crippen LogP contribution is 2.30. The highest BCUT2D eigenvalue weighted by molar-refractivity contribution is 5.73. The van der Waals surface area contributed by atoms with Gasteiger partial charge in [0, 0.05) is 13.0 Å². The number of rotatable bonds is 3. The van der Waals surface area contributed by atoms with E-state index in [-0.39, 0.29) is 17.9 Å². The van der Waals surface area contributed by atoms with Gasteiger partial charge in [-0.1, -0.05) is 0 Å². The number of carboxylic acids is 1. The van der Waals surface area contributed by atoms with Gasteiger partial charge in [0.15, 0.2) is 0 Å². The zero-order valence-electron chi connectivity index (χ0n) is 9.32. The summed E-state index contributed by atoms with van der Waals surface area (Å²) in [5.41, 5.74) is 0. The van der Waals surface area contributed by atoms with Crippen molar-refractivity contribution in [2.24, 2.45) is 11.8 Å². The molecule has 2 N–H and O–H groups in total. The van der Waals surface area contributed by atoms with E-state index in [1.54, 1.807) is 0 Å². The van der Waals surface area contributed by atoms with Crippen LogP contribution in [0.15, 0.2) is 0 Å². The van der Waals surface area contributed by atoms with Gasteiger partial charge in [0.1, 0.15) is 0 Å². The van der Waals surface area contributed by atoms with E-state index >= 15 is 0 Å². The molecule has 4 nitrogen and oxygen atoms in total. The molecule has 4 heteroatoms. The first-order valence-electron chi connectivity index (χ1n) is 5.50. The van der Waals surface area contributed by atoms with Crippen LogP contribution in [-0.2, 0) is 9.59 Å². The Morgan fingerprint density at radius 3 is 2.20 bits per heavy atom. The minimum Gasteiger partial charge on any atom is -0.481 e. The van der Waals surface area contributed by atoms with Crippen LogP contribution in [0.25, 0.3) is 0 Å². The van der Waals surface area contributed by atoms with Gasteiger partial charge in [-0.2, -0.15) is 0 Å². The fourth-order valence-corrected chi connectivity index (χ4v) is 2.30. The molecule has 0 radical (unpaired) electrons. The average molecular weight is 213 g/mol. The summed E-state index contributed by atoms with van der Waals surface area (Å²) >= 11 is 0. The van der Waals surface area contributed by atoms with Gasteiger partial charge in [-0.3, -0.25) is 9.59 Å². The number of hydrogen-bond acceptors (Lipinski definition) is 2. The minimum atomic E-state index is -0.680. The molecule has 0 heterocycles. The molecule has 1 unspecified atom stereocenters. The van der Waals surface area contributed by atoms with Crippen molar-refractivity contribution in [3.05, 3.63) is 0 Å². The lowest BCUT2D eigenvalue weighted by atomic mass is 9.79. The second-order valence-corrected chi connectivity index (χ2v) is 4.44. The molecule has 1 amide bonds. The molecule has 0 aliphatic heterocycles. The molecule has 1 fully saturated rings. The smallest absolute Gasteiger partial charge is 0.306 e. The van der Waals surface area contributed by atoms with Gasteiger partial charge < -0.3 is 10.4 Å². The van der Waals surface area contributed by atoms with E-state index in [1.165, 1.54) is 6.92 Å². The van der Waals surface area contributed by atoms with Crippen molar-refractivity contribution in [1.82, 2.24) is 5.32 Å². The summed E-state index contributed by atoms with van der Waals surface area (Å²) in [6.07, 6.45) is 3.28. The Balaban J connectivity index is 2.36. The third-order valence-corrected chi connectivity index (χ3v) is 3.26. The summed E-state index contributed by atoms with van der Waals surface area (Å²) in [6, 6.07) is 0.164. The largest absolute Gasteiger partial charge is 0.481 e. The van der Waals surface area contributed by atoms with Gasteiger partial charge in [0.2, 0.25) is 5.91 Å². The van der Waals surface area contributed by atoms with E-state index < -0.39 is 5.97 Å². The summed E-state index contributed by atoms with van der Waals surface area (Å²) in [5, 5.41) is 11.7. The normalized spacial score (nSPS) is 28.1. The average Bonchev–Trinajstić information content (AvgIpc) is 2.17. The van der Waals surface area contributed by atoms with Gasteiger partial charge in [0.25, 0.3) is 0 Å². The van der Waals surface area contributed by atoms with Crippen LogP contribution in [0.4, 0.5) is 0 Å². The number of amides is 1. The Hall–Kier alpha value is -1.06. The monoisotopic (exact) mass is 213 g/mol. The van der Waals surface area contributed by atoms with Crippen molar-refractivity contribution in [2.45, 2.75) is 45.6 Å². The Bertz CT molecular complexity index is 244. The molecule has 86 valence electrons. The molecule has 1 aliphatic carbocycles. The maximum atomic E-state index is 10.9. The number of carbonyl (C=O) groups excluding carboxylic acids is 1. The van der Waals surface area contributed by atoms with Crippen molar-refractivity contribution < 1.29 is 14.7 Å². The predicted octanol–water partition coefficient (Wildman–Crippen LogP) is 1.40. The van der Waals surface area contributed by atoms with Crippen molar-refractivity contribution >= 4 is 11.9 Å². The van der Waals surface area contributed by atoms with E-state index in [0.29, 0.717) is 5.92 Å². The third kappa shape index (κ3) is 3.53. The van der Waals surface area contributed by atoms with Crippen LogP contribution >= 0.6 is 0 Å². The Labute approximate surface area is 90.0 Å². The third-order valence-electron chi connectivity index (χ3n) is 3.26. The molecular formula is C11H19NO3. The molecule has 0 aromatic carbocycles. The number of hydrogen-bond donors (Lipinski definition) is 2. The molecule has 15 heavy (non-hydrogen) atoms. The summed E-state index contributed by atoms with van der Waals surface area (Å²) in [6.45, 7) is 3.51. The highest BCUT2D eigenvalue weighted by atomic mass is 16.4. The maximum absolute atomic E-state index is 10.9. The minimum absolute atomic E-state index is 0.0112. The van der Waals surface area contributed by atoms with Crippen molar-refractivity contribution in [3.8, 4) is 0 Å². The summed E-state index contributed by atoms with van der Waals surface area (Å²) in [5.74, 6) is -0.432. The quantitative estimate of drug-likeness (QED) is 0.744. The van der Waals surface area contributed by atoms with Gasteiger partial charge >= 0.3 is 5.97 Å². The molecule has 0 aromatic heterocycles. The molecule has 1 atom stereocenters. The first kappa shape index (κ1) is 12.0. The number of nitrogens with one attached hydrogen (secondary N) is 1. The zero-order chi connectivity index (χ0) is 11.4. The predicted molar refractivity (Wildman–Crippen MR) is 56.4 cm³/mol. The molecule has 0 saturated heterocycles. The van der Waals surface area contributed by atoms with Crippen LogP contribution in [0.1, 0.15) is 39.5 Å². The summed E-state index contributed by atoms with van der Waals surface area (Å²) < 4.78 is 0. The molecular weight excluding hydrogens is 194 g/mol. The van der Waals surface area contributed by atoms with E-state index in [9.17, 15) is 9.59 Å². The fourth-order valence-electron chi connectivity index (χ4n) is 2.30. The van der Waals surface area contributed by atoms with E-state index in [2.05, 4.69) is 5.32 Å². The van der Waals surface area contributed by atoms with Gasteiger partial charge in [0.05, 0.1) is 5.92 Å². The second-order valence-electron chi connectivity index (χ2n) is 4.44. The lowest BCUT2D eigenvalue weighted by Crippen LogP contribution is -2.39. The van der Waals surface area contributed by atoms with Gasteiger partial charge in [-0.05, 0) is 38.5 Å². The number of aliphatic carboxylic acids is 1. The Kier molecular flexibility index (Phi) is 4.12. The summed E-state index contributed by atoms with van der Waals surface area (Å²) in [4.78, 5) is 21.6. The van der Waals surface area contributed by atoms with Crippen molar-refractivity contribution in [2.75, 3.05) is 0 Å². The first-order valence-corrected chi connectivity index (χ1v) is 5.50. The SMILES string of the molecule is CC(=O)NC(C)C1CCC(C(=O)O)CC1. The van der Waals surface area contributed by atoms with Gasteiger partial charge in [-0.25, -0.2) is 0 Å². The van der Waals surface area contributed by atoms with Gasteiger partial charge in [-0.15, -0.1) is 0 Å². The van der Waals surface area contributed by atoms with Crippen LogP contribution in [0.3, 0.4) is 0 Å². The summed E-state index contributed by atoms with van der Waals surface area (Å²) in [7, 11) is 0. The van der Waals surface area contributed by atoms with Crippen LogP contribution < -0.4 is 5.32 Å². The van der Waals surface area contributed by atoms with Crippen molar-refractivity contribution in [1.29, 1.82) is 0 Å². The molecule has 1 saturated carbocycles. The molecule has 1 rings (SSSR count). The standard InChI is InChI=1S/C11H19NO3/c1-7(12-8(2)13)9-3-5-10(6-4-9)11(14)15/h7,9-10H,3-6H2,1-2H3,(H,12,13)(H,14,15). The molecule has 0 aromatic rings. The van der Waals surface area contributed by atoms with Crippen LogP contribution in [0.5, 0.6) is 0 Å². The highest BCUT2D eigenvalue weighted by Gasteiger charge is 2.28. The molecule has 0 spiro atoms. The van der Waals surface area contributed by atoms with Crippen LogP contribution in [-0.4, -0.2) is 23.0 Å². The Morgan fingerprint density at radius 2 is 1.80 bits per heavy atom. The van der Waals surface area contributed by atoms with E-state index in [1.807, 2.05) is 6.92 Å². The lowest BCUT2D eigenvalue weighted by Gasteiger charge is -2.30. The first-order chi connectivity index (χ1) is 7.00. The Morgan fingerprint density at radius 1 is 1.27 bits per heavy atom. The molecule has 0 bridgehead atoms.